The number of hydrogen-bond acceptors (Lipinski definition) is 4. The van der Waals surface area contributed by atoms with Crippen LogP contribution in [0, 0.1) is 0 Å². The van der Waals surface area contributed by atoms with Crippen molar-refractivity contribution >= 4 is 29.0 Å². The number of thioether (sulfide) groups is 1. The highest BCUT2D eigenvalue weighted by Crippen LogP contribution is 2.19. The molecule has 1 saturated heterocycles. The minimum absolute atomic E-state index is 0.175. The van der Waals surface area contributed by atoms with Crippen LogP contribution in [0.5, 0.6) is 0 Å². The van der Waals surface area contributed by atoms with E-state index in [-0.39, 0.29) is 5.91 Å². The van der Waals surface area contributed by atoms with Crippen molar-refractivity contribution in [1.29, 1.82) is 0 Å². The van der Waals surface area contributed by atoms with Gasteiger partial charge in [-0.2, -0.15) is 11.3 Å². The number of rotatable bonds is 6. The predicted octanol–water partition coefficient (Wildman–Crippen LogP) is 1.89. The van der Waals surface area contributed by atoms with Crippen LogP contribution in [0.25, 0.3) is 0 Å². The molecule has 100 valence electrons. The van der Waals surface area contributed by atoms with E-state index in [1.807, 2.05) is 0 Å². The number of carbonyl (C=O) groups excluding carboxylic acids is 1. The molecule has 2 rings (SSSR count). The number of nitrogens with one attached hydrogen (secondary N) is 2. The number of piperidine rings is 1. The highest BCUT2D eigenvalue weighted by Gasteiger charge is 2.14. The van der Waals surface area contributed by atoms with E-state index in [1.165, 1.54) is 18.4 Å². The lowest BCUT2D eigenvalue weighted by Gasteiger charge is -2.21. The molecule has 1 aliphatic heterocycles. The third-order valence-corrected chi connectivity index (χ3v) is 5.16. The Labute approximate surface area is 117 Å². The van der Waals surface area contributed by atoms with E-state index in [0.29, 0.717) is 11.0 Å². The highest BCUT2D eigenvalue weighted by atomic mass is 32.2. The van der Waals surface area contributed by atoms with Crippen LogP contribution < -0.4 is 10.6 Å². The Morgan fingerprint density at radius 2 is 2.33 bits per heavy atom. The maximum Gasteiger partial charge on any atom is 0.230 e. The third-order valence-electron chi connectivity index (χ3n) is 3.05. The minimum atomic E-state index is 0.175. The van der Waals surface area contributed by atoms with E-state index in [2.05, 4.69) is 27.5 Å². The Bertz CT molecular complexity index is 348. The maximum atomic E-state index is 11.7. The van der Waals surface area contributed by atoms with Crippen LogP contribution in [0.4, 0.5) is 0 Å². The predicted molar refractivity (Wildman–Crippen MR) is 79.4 cm³/mol. The lowest BCUT2D eigenvalue weighted by atomic mass is 10.2. The van der Waals surface area contributed by atoms with Gasteiger partial charge in [0, 0.05) is 11.8 Å². The molecule has 5 heteroatoms. The summed E-state index contributed by atoms with van der Waals surface area (Å²) in [5, 5.41) is 11.2. The van der Waals surface area contributed by atoms with E-state index in [0.717, 1.165) is 26.1 Å². The molecule has 0 saturated carbocycles. The van der Waals surface area contributed by atoms with Crippen LogP contribution in [-0.4, -0.2) is 36.5 Å². The van der Waals surface area contributed by atoms with E-state index in [9.17, 15) is 4.79 Å². The average Bonchev–Trinajstić information content (AvgIpc) is 2.91. The largest absolute Gasteiger partial charge is 0.355 e. The molecule has 0 radical (unpaired) electrons. The summed E-state index contributed by atoms with van der Waals surface area (Å²) in [6.45, 7) is 2.94. The molecule has 1 aromatic heterocycles. The molecular weight excluding hydrogens is 264 g/mol. The van der Waals surface area contributed by atoms with Crippen molar-refractivity contribution in [3.63, 3.8) is 0 Å². The van der Waals surface area contributed by atoms with Crippen LogP contribution in [0.1, 0.15) is 18.4 Å². The Balaban J connectivity index is 1.54. The number of thiophene rings is 1. The smallest absolute Gasteiger partial charge is 0.230 e. The zero-order valence-electron chi connectivity index (χ0n) is 10.5. The van der Waals surface area contributed by atoms with Gasteiger partial charge in [0.15, 0.2) is 0 Å². The summed E-state index contributed by atoms with van der Waals surface area (Å²) in [5.74, 6) is 0.780. The fraction of sp³-hybridized carbons (Fsp3) is 0.615. The summed E-state index contributed by atoms with van der Waals surface area (Å²) in [7, 11) is 0. The van der Waals surface area contributed by atoms with Gasteiger partial charge >= 0.3 is 0 Å². The van der Waals surface area contributed by atoms with Gasteiger partial charge in [0.2, 0.25) is 5.91 Å². The van der Waals surface area contributed by atoms with Crippen LogP contribution in [-0.2, 0) is 11.2 Å². The van der Waals surface area contributed by atoms with Crippen molar-refractivity contribution in [2.24, 2.45) is 0 Å². The summed E-state index contributed by atoms with van der Waals surface area (Å²) >= 11 is 3.51. The summed E-state index contributed by atoms with van der Waals surface area (Å²) < 4.78 is 0. The highest BCUT2D eigenvalue weighted by molar-refractivity contribution is 8.00. The molecule has 2 heterocycles. The first-order valence-electron chi connectivity index (χ1n) is 6.44. The van der Waals surface area contributed by atoms with E-state index < -0.39 is 0 Å². The molecule has 3 nitrogen and oxygen atoms in total. The average molecular weight is 284 g/mol. The SMILES string of the molecule is O=C(CSC1CCNCC1)NCCc1ccsc1. The van der Waals surface area contributed by atoms with Gasteiger partial charge in [-0.1, -0.05) is 0 Å². The second kappa shape index (κ2) is 7.81. The molecule has 0 unspecified atom stereocenters. The molecule has 1 amide bonds. The van der Waals surface area contributed by atoms with E-state index in [1.54, 1.807) is 23.1 Å². The first kappa shape index (κ1) is 13.9. The summed E-state index contributed by atoms with van der Waals surface area (Å²) in [4.78, 5) is 11.7. The molecule has 0 bridgehead atoms. The molecular formula is C13H20N2OS2. The standard InChI is InChI=1S/C13H20N2OS2/c16-13(10-18-12-2-5-14-6-3-12)15-7-1-11-4-8-17-9-11/h4,8-9,12,14H,1-3,5-7,10H2,(H,15,16). The molecule has 18 heavy (non-hydrogen) atoms. The summed E-state index contributed by atoms with van der Waals surface area (Å²) in [6.07, 6.45) is 3.31. The zero-order valence-corrected chi connectivity index (χ0v) is 12.1. The quantitative estimate of drug-likeness (QED) is 0.838. The van der Waals surface area contributed by atoms with Gasteiger partial charge in [-0.15, -0.1) is 11.8 Å². The Morgan fingerprint density at radius 3 is 3.06 bits per heavy atom. The molecule has 1 aromatic rings. The van der Waals surface area contributed by atoms with Crippen molar-refractivity contribution in [3.8, 4) is 0 Å². The number of amides is 1. The summed E-state index contributed by atoms with van der Waals surface area (Å²) in [5.41, 5.74) is 1.31. The molecule has 0 atom stereocenters. The number of hydrogen-bond donors (Lipinski definition) is 2. The monoisotopic (exact) mass is 284 g/mol. The van der Waals surface area contributed by atoms with E-state index >= 15 is 0 Å². The van der Waals surface area contributed by atoms with Crippen molar-refractivity contribution < 1.29 is 4.79 Å². The van der Waals surface area contributed by atoms with Gasteiger partial charge in [-0.3, -0.25) is 4.79 Å². The summed E-state index contributed by atoms with van der Waals surface area (Å²) in [6, 6.07) is 2.11. The van der Waals surface area contributed by atoms with Gasteiger partial charge in [-0.05, 0) is 54.7 Å². The maximum absolute atomic E-state index is 11.7. The van der Waals surface area contributed by atoms with Crippen LogP contribution in [0.3, 0.4) is 0 Å². The van der Waals surface area contributed by atoms with Crippen LogP contribution in [0.15, 0.2) is 16.8 Å². The van der Waals surface area contributed by atoms with Gasteiger partial charge in [0.25, 0.3) is 0 Å². The fourth-order valence-corrected chi connectivity index (χ4v) is 3.75. The van der Waals surface area contributed by atoms with Crippen molar-refractivity contribution in [2.45, 2.75) is 24.5 Å². The molecule has 1 fully saturated rings. The van der Waals surface area contributed by atoms with Crippen molar-refractivity contribution in [2.75, 3.05) is 25.4 Å². The molecule has 0 spiro atoms. The van der Waals surface area contributed by atoms with Crippen LogP contribution >= 0.6 is 23.1 Å². The lowest BCUT2D eigenvalue weighted by Crippen LogP contribution is -2.32. The molecule has 0 aliphatic carbocycles. The van der Waals surface area contributed by atoms with Gasteiger partial charge in [0.1, 0.15) is 0 Å². The first-order valence-corrected chi connectivity index (χ1v) is 8.44. The molecule has 2 N–H and O–H groups in total. The first-order chi connectivity index (χ1) is 8.84. The van der Waals surface area contributed by atoms with Crippen molar-refractivity contribution in [3.05, 3.63) is 22.4 Å². The Kier molecular flexibility index (Phi) is 6.04. The second-order valence-electron chi connectivity index (χ2n) is 4.49. The normalized spacial score (nSPS) is 16.7. The topological polar surface area (TPSA) is 41.1 Å². The molecule has 1 aliphatic rings. The second-order valence-corrected chi connectivity index (χ2v) is 6.56. The zero-order chi connectivity index (χ0) is 12.6. The van der Waals surface area contributed by atoms with Crippen LogP contribution in [0.2, 0.25) is 0 Å². The molecule has 0 aromatic carbocycles. The van der Waals surface area contributed by atoms with Gasteiger partial charge in [-0.25, -0.2) is 0 Å². The van der Waals surface area contributed by atoms with Crippen molar-refractivity contribution in [1.82, 2.24) is 10.6 Å². The lowest BCUT2D eigenvalue weighted by molar-refractivity contribution is -0.118. The van der Waals surface area contributed by atoms with Gasteiger partial charge in [0.05, 0.1) is 5.75 Å². The van der Waals surface area contributed by atoms with E-state index in [4.69, 9.17) is 0 Å². The Morgan fingerprint density at radius 1 is 1.50 bits per heavy atom. The third kappa shape index (κ3) is 5.00. The minimum Gasteiger partial charge on any atom is -0.355 e. The van der Waals surface area contributed by atoms with Gasteiger partial charge < -0.3 is 10.6 Å². The Hall–Kier alpha value is -0.520. The number of carbonyl (C=O) groups is 1. The fourth-order valence-electron chi connectivity index (χ4n) is 1.99.